The normalized spacial score (nSPS) is 11.1. The molecule has 4 heteroatoms. The summed E-state index contributed by atoms with van der Waals surface area (Å²) in [4.78, 5) is 8.65. The highest BCUT2D eigenvalue weighted by atomic mass is 19.1. The number of aromatic nitrogens is 1. The number of pyridine rings is 1. The second-order valence-corrected chi connectivity index (χ2v) is 5.08. The summed E-state index contributed by atoms with van der Waals surface area (Å²) >= 11 is 0. The van der Waals surface area contributed by atoms with E-state index in [-0.39, 0.29) is 5.82 Å². The minimum atomic E-state index is -0.244. The first-order valence-corrected chi connectivity index (χ1v) is 6.86. The van der Waals surface area contributed by atoms with Crippen LogP contribution in [0, 0.1) is 26.6 Å². The van der Waals surface area contributed by atoms with E-state index in [4.69, 9.17) is 0 Å². The van der Waals surface area contributed by atoms with Crippen molar-refractivity contribution in [2.45, 2.75) is 20.8 Å². The largest absolute Gasteiger partial charge is 0.386 e. The Bertz CT molecular complexity index is 706. The van der Waals surface area contributed by atoms with E-state index in [1.165, 1.54) is 0 Å². The predicted octanol–water partition coefficient (Wildman–Crippen LogP) is 3.90. The van der Waals surface area contributed by atoms with Gasteiger partial charge in [-0.25, -0.2) is 4.39 Å². The van der Waals surface area contributed by atoms with E-state index >= 15 is 0 Å². The summed E-state index contributed by atoms with van der Waals surface area (Å²) in [5.74, 6) is -0.244. The summed E-state index contributed by atoms with van der Waals surface area (Å²) in [7, 11) is 3.45. The number of nitrogens with one attached hydrogen (secondary N) is 1. The first kappa shape index (κ1) is 15.2. The standard InChI is InChI=1S/C17H20FN3/c1-10-6-16(18)17(20-5)8-14(10)15-7-13(9-19-4)11(2)21-12(15)3/h6-9,20H,1-5H3. The van der Waals surface area contributed by atoms with Crippen LogP contribution in [0.1, 0.15) is 22.5 Å². The first-order chi connectivity index (χ1) is 9.97. The molecule has 1 heterocycles. The van der Waals surface area contributed by atoms with Gasteiger partial charge in [-0.1, -0.05) is 0 Å². The van der Waals surface area contributed by atoms with Gasteiger partial charge in [0, 0.05) is 42.8 Å². The smallest absolute Gasteiger partial charge is 0.146 e. The maximum Gasteiger partial charge on any atom is 0.146 e. The van der Waals surface area contributed by atoms with Gasteiger partial charge in [0.05, 0.1) is 5.69 Å². The molecule has 1 aromatic carbocycles. The summed E-state index contributed by atoms with van der Waals surface area (Å²) in [6, 6.07) is 5.44. The molecule has 0 aliphatic carbocycles. The lowest BCUT2D eigenvalue weighted by molar-refractivity contribution is 0.630. The van der Waals surface area contributed by atoms with Crippen molar-refractivity contribution in [3.63, 3.8) is 0 Å². The van der Waals surface area contributed by atoms with E-state index in [0.29, 0.717) is 5.69 Å². The maximum absolute atomic E-state index is 13.8. The van der Waals surface area contributed by atoms with E-state index in [9.17, 15) is 4.39 Å². The zero-order valence-corrected chi connectivity index (χ0v) is 13.1. The Balaban J connectivity index is 2.69. The third kappa shape index (κ3) is 2.94. The van der Waals surface area contributed by atoms with E-state index in [1.807, 2.05) is 26.8 Å². The van der Waals surface area contributed by atoms with Gasteiger partial charge < -0.3 is 5.32 Å². The monoisotopic (exact) mass is 285 g/mol. The van der Waals surface area contributed by atoms with Gasteiger partial charge in [0.25, 0.3) is 0 Å². The Morgan fingerprint density at radius 1 is 1.10 bits per heavy atom. The topological polar surface area (TPSA) is 37.3 Å². The molecule has 0 aliphatic rings. The molecule has 0 spiro atoms. The highest BCUT2D eigenvalue weighted by Gasteiger charge is 2.12. The van der Waals surface area contributed by atoms with Crippen LogP contribution in [0.4, 0.5) is 10.1 Å². The molecule has 1 N–H and O–H groups in total. The third-order valence-electron chi connectivity index (χ3n) is 3.58. The molecular weight excluding hydrogens is 265 g/mol. The van der Waals surface area contributed by atoms with Crippen LogP contribution < -0.4 is 5.32 Å². The molecule has 3 nitrogen and oxygen atoms in total. The fraction of sp³-hybridized carbons (Fsp3) is 0.294. The second-order valence-electron chi connectivity index (χ2n) is 5.08. The van der Waals surface area contributed by atoms with Crippen molar-refractivity contribution in [2.24, 2.45) is 4.99 Å². The number of aryl methyl sites for hydroxylation is 3. The van der Waals surface area contributed by atoms with Crippen molar-refractivity contribution in [3.05, 3.63) is 46.5 Å². The number of benzene rings is 1. The van der Waals surface area contributed by atoms with Gasteiger partial charge in [0.1, 0.15) is 5.82 Å². The number of anilines is 1. The number of rotatable bonds is 3. The number of nitrogens with zero attached hydrogens (tertiary/aromatic N) is 2. The van der Waals surface area contributed by atoms with Gasteiger partial charge in [0.15, 0.2) is 0 Å². The summed E-state index contributed by atoms with van der Waals surface area (Å²) in [5, 5.41) is 2.88. The Hall–Kier alpha value is -2.23. The fourth-order valence-corrected chi connectivity index (χ4v) is 2.44. The highest BCUT2D eigenvalue weighted by molar-refractivity contribution is 5.85. The van der Waals surface area contributed by atoms with Crippen LogP contribution in [0.15, 0.2) is 23.2 Å². The highest BCUT2D eigenvalue weighted by Crippen LogP contribution is 2.31. The van der Waals surface area contributed by atoms with E-state index in [0.717, 1.165) is 33.6 Å². The molecule has 1 aromatic heterocycles. The van der Waals surface area contributed by atoms with Gasteiger partial charge in [-0.15, -0.1) is 0 Å². The zero-order valence-electron chi connectivity index (χ0n) is 13.1. The lowest BCUT2D eigenvalue weighted by atomic mass is 9.96. The van der Waals surface area contributed by atoms with Crippen LogP contribution in [-0.4, -0.2) is 25.3 Å². The molecule has 0 saturated carbocycles. The SMILES string of the molecule is CN=Cc1cc(-c2cc(NC)c(F)cc2C)c(C)nc1C. The Morgan fingerprint density at radius 2 is 1.81 bits per heavy atom. The van der Waals surface area contributed by atoms with Crippen LogP contribution >= 0.6 is 0 Å². The number of hydrogen-bond acceptors (Lipinski definition) is 3. The molecule has 21 heavy (non-hydrogen) atoms. The lowest BCUT2D eigenvalue weighted by Gasteiger charge is -2.14. The van der Waals surface area contributed by atoms with Crippen molar-refractivity contribution in [1.82, 2.24) is 4.98 Å². The molecule has 2 aromatic rings. The second kappa shape index (κ2) is 6.04. The van der Waals surface area contributed by atoms with Gasteiger partial charge in [-0.05, 0) is 50.1 Å². The summed E-state index contributed by atoms with van der Waals surface area (Å²) < 4.78 is 13.8. The summed E-state index contributed by atoms with van der Waals surface area (Å²) in [5.41, 5.74) is 6.21. The van der Waals surface area contributed by atoms with Crippen molar-refractivity contribution < 1.29 is 4.39 Å². The van der Waals surface area contributed by atoms with E-state index in [2.05, 4.69) is 21.4 Å². The molecule has 0 fully saturated rings. The van der Waals surface area contributed by atoms with Crippen LogP contribution in [0.3, 0.4) is 0 Å². The molecule has 2 rings (SSSR count). The van der Waals surface area contributed by atoms with E-state index < -0.39 is 0 Å². The molecule has 0 bridgehead atoms. The van der Waals surface area contributed by atoms with Crippen LogP contribution in [0.25, 0.3) is 11.1 Å². The Labute approximate surface area is 125 Å². The van der Waals surface area contributed by atoms with Crippen molar-refractivity contribution in [3.8, 4) is 11.1 Å². The maximum atomic E-state index is 13.8. The van der Waals surface area contributed by atoms with E-state index in [1.54, 1.807) is 26.4 Å². The minimum absolute atomic E-state index is 0.244. The van der Waals surface area contributed by atoms with Crippen molar-refractivity contribution in [1.29, 1.82) is 0 Å². The molecule has 0 aliphatic heterocycles. The fourth-order valence-electron chi connectivity index (χ4n) is 2.44. The van der Waals surface area contributed by atoms with Gasteiger partial charge in [-0.3, -0.25) is 9.98 Å². The molecule has 0 amide bonds. The number of hydrogen-bond donors (Lipinski definition) is 1. The zero-order chi connectivity index (χ0) is 15.6. The van der Waals surface area contributed by atoms with Crippen LogP contribution in [-0.2, 0) is 0 Å². The van der Waals surface area contributed by atoms with Crippen LogP contribution in [0.2, 0.25) is 0 Å². The minimum Gasteiger partial charge on any atom is -0.386 e. The van der Waals surface area contributed by atoms with Gasteiger partial charge in [0.2, 0.25) is 0 Å². The number of aliphatic imine (C=N–C) groups is 1. The lowest BCUT2D eigenvalue weighted by Crippen LogP contribution is -2.00. The van der Waals surface area contributed by atoms with Gasteiger partial charge in [-0.2, -0.15) is 0 Å². The van der Waals surface area contributed by atoms with Crippen LogP contribution in [0.5, 0.6) is 0 Å². The van der Waals surface area contributed by atoms with Crippen molar-refractivity contribution >= 4 is 11.9 Å². The molecule has 0 saturated heterocycles. The summed E-state index contributed by atoms with van der Waals surface area (Å²) in [6.07, 6.45) is 1.79. The predicted molar refractivity (Wildman–Crippen MR) is 86.9 cm³/mol. The number of halogens is 1. The summed E-state index contributed by atoms with van der Waals surface area (Å²) in [6.45, 7) is 5.84. The molecule has 110 valence electrons. The molecule has 0 unspecified atom stereocenters. The quantitative estimate of drug-likeness (QED) is 0.868. The van der Waals surface area contributed by atoms with Gasteiger partial charge >= 0.3 is 0 Å². The molecular formula is C17H20FN3. The first-order valence-electron chi connectivity index (χ1n) is 6.86. The average Bonchev–Trinajstić information content (AvgIpc) is 2.43. The van der Waals surface area contributed by atoms with Crippen molar-refractivity contribution in [2.75, 3.05) is 19.4 Å². The molecule has 0 radical (unpaired) electrons. The third-order valence-corrected chi connectivity index (χ3v) is 3.58. The Kier molecular flexibility index (Phi) is 4.36. The average molecular weight is 285 g/mol. The Morgan fingerprint density at radius 3 is 2.43 bits per heavy atom. The molecule has 0 atom stereocenters.